The Morgan fingerprint density at radius 2 is 2.10 bits per heavy atom. The van der Waals surface area contributed by atoms with Crippen molar-refractivity contribution in [3.63, 3.8) is 0 Å². The highest BCUT2D eigenvalue weighted by Crippen LogP contribution is 2.23. The van der Waals surface area contributed by atoms with Crippen LogP contribution in [0.4, 0.5) is 0 Å². The van der Waals surface area contributed by atoms with Crippen molar-refractivity contribution in [2.75, 3.05) is 33.7 Å². The van der Waals surface area contributed by atoms with Gasteiger partial charge in [-0.2, -0.15) is 0 Å². The molecule has 0 aliphatic rings. The fourth-order valence-corrected chi connectivity index (χ4v) is 2.05. The molecule has 1 amide bonds. The number of hydrogen-bond acceptors (Lipinski definition) is 4. The molecular weight excluding hydrogens is 264 g/mol. The van der Waals surface area contributed by atoms with Gasteiger partial charge in [-0.15, -0.1) is 0 Å². The number of likely N-dealkylation sites (N-methyl/N-ethyl adjacent to an activating group) is 1. The third-order valence-corrected chi connectivity index (χ3v) is 3.95. The van der Waals surface area contributed by atoms with Crippen LogP contribution in [0, 0.1) is 5.41 Å². The molecule has 118 valence electrons. The lowest BCUT2D eigenvalue weighted by Gasteiger charge is -2.33. The fourth-order valence-electron chi connectivity index (χ4n) is 2.05. The van der Waals surface area contributed by atoms with Crippen molar-refractivity contribution in [1.82, 2.24) is 14.8 Å². The van der Waals surface area contributed by atoms with E-state index >= 15 is 0 Å². The van der Waals surface area contributed by atoms with Crippen LogP contribution in [-0.2, 0) is 11.3 Å². The normalized spacial score (nSPS) is 14.0. The second-order valence-electron chi connectivity index (χ2n) is 6.01. The van der Waals surface area contributed by atoms with E-state index in [1.807, 2.05) is 51.2 Å². The van der Waals surface area contributed by atoms with Crippen molar-refractivity contribution >= 4 is 5.91 Å². The van der Waals surface area contributed by atoms with Gasteiger partial charge in [0.15, 0.2) is 0 Å². The zero-order valence-corrected chi connectivity index (χ0v) is 13.7. The van der Waals surface area contributed by atoms with Crippen LogP contribution in [0.3, 0.4) is 0 Å². The zero-order valence-electron chi connectivity index (χ0n) is 13.7. The van der Waals surface area contributed by atoms with Crippen LogP contribution in [0.5, 0.6) is 0 Å². The Morgan fingerprint density at radius 3 is 2.57 bits per heavy atom. The van der Waals surface area contributed by atoms with Gasteiger partial charge in [0.25, 0.3) is 0 Å². The molecule has 0 radical (unpaired) electrons. The van der Waals surface area contributed by atoms with E-state index in [0.29, 0.717) is 19.6 Å². The Labute approximate surface area is 128 Å². The van der Waals surface area contributed by atoms with E-state index in [4.69, 9.17) is 5.73 Å². The molecule has 0 saturated carbocycles. The lowest BCUT2D eigenvalue weighted by molar-refractivity contribution is -0.141. The molecule has 21 heavy (non-hydrogen) atoms. The minimum absolute atomic E-state index is 0.123. The predicted molar refractivity (Wildman–Crippen MR) is 85.7 cm³/mol. The Hall–Kier alpha value is -1.46. The summed E-state index contributed by atoms with van der Waals surface area (Å²) in [7, 11) is 4.02. The van der Waals surface area contributed by atoms with Gasteiger partial charge < -0.3 is 15.5 Å². The predicted octanol–water partition coefficient (Wildman–Crippen LogP) is 1.35. The average Bonchev–Trinajstić information content (AvgIpc) is 2.50. The van der Waals surface area contributed by atoms with Crippen molar-refractivity contribution in [1.29, 1.82) is 0 Å². The minimum Gasteiger partial charge on any atom is -0.337 e. The van der Waals surface area contributed by atoms with Crippen LogP contribution in [0.2, 0.25) is 0 Å². The number of amides is 1. The third kappa shape index (κ3) is 5.10. The highest BCUT2D eigenvalue weighted by molar-refractivity contribution is 5.82. The maximum Gasteiger partial charge on any atom is 0.230 e. The highest BCUT2D eigenvalue weighted by Gasteiger charge is 2.33. The first-order valence-electron chi connectivity index (χ1n) is 7.46. The molecule has 5 heteroatoms. The second-order valence-corrected chi connectivity index (χ2v) is 6.01. The van der Waals surface area contributed by atoms with Gasteiger partial charge in [0, 0.05) is 38.6 Å². The molecule has 1 heterocycles. The zero-order chi connectivity index (χ0) is 15.9. The Morgan fingerprint density at radius 1 is 1.38 bits per heavy atom. The van der Waals surface area contributed by atoms with Crippen LogP contribution >= 0.6 is 0 Å². The molecule has 1 atom stereocenters. The third-order valence-electron chi connectivity index (χ3n) is 3.95. The van der Waals surface area contributed by atoms with Crippen LogP contribution in [0.1, 0.15) is 25.8 Å². The summed E-state index contributed by atoms with van der Waals surface area (Å²) in [5, 5.41) is 0. The van der Waals surface area contributed by atoms with E-state index in [0.717, 1.165) is 18.5 Å². The molecule has 0 fully saturated rings. The van der Waals surface area contributed by atoms with E-state index < -0.39 is 5.41 Å². The first kappa shape index (κ1) is 17.6. The van der Waals surface area contributed by atoms with Gasteiger partial charge in [0.1, 0.15) is 0 Å². The molecule has 0 saturated heterocycles. The maximum absolute atomic E-state index is 12.9. The Balaban J connectivity index is 2.88. The van der Waals surface area contributed by atoms with Crippen LogP contribution in [0.15, 0.2) is 24.5 Å². The van der Waals surface area contributed by atoms with Crippen LogP contribution < -0.4 is 5.73 Å². The molecule has 2 N–H and O–H groups in total. The summed E-state index contributed by atoms with van der Waals surface area (Å²) >= 11 is 0. The first-order chi connectivity index (χ1) is 9.92. The van der Waals surface area contributed by atoms with Crippen molar-refractivity contribution in [3.05, 3.63) is 30.1 Å². The van der Waals surface area contributed by atoms with E-state index in [9.17, 15) is 4.79 Å². The molecule has 1 aromatic heterocycles. The molecule has 5 nitrogen and oxygen atoms in total. The van der Waals surface area contributed by atoms with Crippen molar-refractivity contribution in [2.24, 2.45) is 11.1 Å². The quantitative estimate of drug-likeness (QED) is 0.785. The molecule has 1 unspecified atom stereocenters. The topological polar surface area (TPSA) is 62.5 Å². The van der Waals surface area contributed by atoms with E-state index in [2.05, 4.69) is 9.88 Å². The summed E-state index contributed by atoms with van der Waals surface area (Å²) < 4.78 is 0. The van der Waals surface area contributed by atoms with Crippen molar-refractivity contribution in [2.45, 2.75) is 26.8 Å². The molecule has 0 spiro atoms. The molecule has 0 bridgehead atoms. The van der Waals surface area contributed by atoms with Crippen molar-refractivity contribution in [3.8, 4) is 0 Å². The molecule has 0 aliphatic heterocycles. The SMILES string of the molecule is CCC(C)(CN)C(=O)N(CCN(C)C)Cc1cccnc1. The lowest BCUT2D eigenvalue weighted by atomic mass is 9.86. The number of nitrogens with two attached hydrogens (primary N) is 1. The number of aromatic nitrogens is 1. The number of nitrogens with zero attached hydrogens (tertiary/aromatic N) is 3. The van der Waals surface area contributed by atoms with Gasteiger partial charge in [-0.3, -0.25) is 9.78 Å². The molecule has 0 aromatic carbocycles. The molecule has 1 rings (SSSR count). The number of carbonyl (C=O) groups is 1. The minimum atomic E-state index is -0.492. The summed E-state index contributed by atoms with van der Waals surface area (Å²) in [6.45, 7) is 6.43. The average molecular weight is 292 g/mol. The second kappa shape index (κ2) is 8.10. The van der Waals surface area contributed by atoms with Gasteiger partial charge in [-0.1, -0.05) is 13.0 Å². The van der Waals surface area contributed by atoms with E-state index in [-0.39, 0.29) is 5.91 Å². The number of rotatable bonds is 8. The summed E-state index contributed by atoms with van der Waals surface area (Å²) in [4.78, 5) is 20.9. The number of pyridine rings is 1. The summed E-state index contributed by atoms with van der Waals surface area (Å²) in [6.07, 6.45) is 4.29. The Bertz CT molecular complexity index is 429. The summed E-state index contributed by atoms with van der Waals surface area (Å²) in [5.74, 6) is 0.123. The molecular formula is C16H28N4O. The van der Waals surface area contributed by atoms with Crippen molar-refractivity contribution < 1.29 is 4.79 Å². The fraction of sp³-hybridized carbons (Fsp3) is 0.625. The Kier molecular flexibility index (Phi) is 6.78. The van der Waals surface area contributed by atoms with Gasteiger partial charge in [0.05, 0.1) is 5.41 Å². The smallest absolute Gasteiger partial charge is 0.230 e. The highest BCUT2D eigenvalue weighted by atomic mass is 16.2. The molecule has 0 aliphatic carbocycles. The summed E-state index contributed by atoms with van der Waals surface area (Å²) in [6, 6.07) is 3.89. The monoisotopic (exact) mass is 292 g/mol. The number of carbonyl (C=O) groups excluding carboxylic acids is 1. The standard InChI is InChI=1S/C16H28N4O/c1-5-16(2,13-17)15(21)20(10-9-19(3)4)12-14-7-6-8-18-11-14/h6-8,11H,5,9-10,12-13,17H2,1-4H3. The van der Waals surface area contributed by atoms with Crippen LogP contribution in [0.25, 0.3) is 0 Å². The lowest BCUT2D eigenvalue weighted by Crippen LogP contribution is -2.47. The van der Waals surface area contributed by atoms with Crippen LogP contribution in [-0.4, -0.2) is 54.4 Å². The molecule has 1 aromatic rings. The van der Waals surface area contributed by atoms with E-state index in [1.165, 1.54) is 0 Å². The van der Waals surface area contributed by atoms with Gasteiger partial charge >= 0.3 is 0 Å². The van der Waals surface area contributed by atoms with Gasteiger partial charge in [-0.25, -0.2) is 0 Å². The maximum atomic E-state index is 12.9. The van der Waals surface area contributed by atoms with Gasteiger partial charge in [0.2, 0.25) is 5.91 Å². The van der Waals surface area contributed by atoms with E-state index in [1.54, 1.807) is 6.20 Å². The largest absolute Gasteiger partial charge is 0.337 e. The summed E-state index contributed by atoms with van der Waals surface area (Å²) in [5.41, 5.74) is 6.39. The first-order valence-corrected chi connectivity index (χ1v) is 7.46. The number of hydrogen-bond donors (Lipinski definition) is 1. The van der Waals surface area contributed by atoms with Gasteiger partial charge in [-0.05, 0) is 39.1 Å².